The van der Waals surface area contributed by atoms with Crippen molar-refractivity contribution < 1.29 is 4.39 Å². The second-order valence-corrected chi connectivity index (χ2v) is 2.34. The lowest BCUT2D eigenvalue weighted by Gasteiger charge is -2.10. The van der Waals surface area contributed by atoms with E-state index >= 15 is 0 Å². The molecule has 1 rings (SSSR count). The molecule has 1 aliphatic heterocycles. The molecular formula is C6H11FN2. The normalized spacial score (nSPS) is 25.6. The average molecular weight is 130 g/mol. The summed E-state index contributed by atoms with van der Waals surface area (Å²) in [5.74, 6) is 0.497. The lowest BCUT2D eigenvalue weighted by Crippen LogP contribution is -2.19. The van der Waals surface area contributed by atoms with Crippen molar-refractivity contribution in [2.24, 2.45) is 11.0 Å². The van der Waals surface area contributed by atoms with Gasteiger partial charge in [-0.15, -0.1) is 0 Å². The summed E-state index contributed by atoms with van der Waals surface area (Å²) >= 11 is 0. The summed E-state index contributed by atoms with van der Waals surface area (Å²) in [4.78, 5) is 0. The Kier molecular flexibility index (Phi) is 2.03. The molecule has 0 aliphatic carbocycles. The zero-order chi connectivity index (χ0) is 6.69. The summed E-state index contributed by atoms with van der Waals surface area (Å²) in [6.45, 7) is 3.09. The highest BCUT2D eigenvalue weighted by Crippen LogP contribution is 2.04. The van der Waals surface area contributed by atoms with Crippen LogP contribution in [0.3, 0.4) is 0 Å². The van der Waals surface area contributed by atoms with Crippen LogP contribution < -0.4 is 0 Å². The van der Waals surface area contributed by atoms with Crippen LogP contribution in [-0.2, 0) is 0 Å². The lowest BCUT2D eigenvalue weighted by molar-refractivity contribution is 0.268. The predicted molar refractivity (Wildman–Crippen MR) is 35.2 cm³/mol. The van der Waals surface area contributed by atoms with E-state index in [0.717, 1.165) is 6.54 Å². The molecule has 0 radical (unpaired) electrons. The van der Waals surface area contributed by atoms with E-state index in [1.54, 1.807) is 5.01 Å². The molecule has 9 heavy (non-hydrogen) atoms. The van der Waals surface area contributed by atoms with Crippen LogP contribution in [0, 0.1) is 5.92 Å². The number of hydrogen-bond acceptors (Lipinski definition) is 2. The number of hydrogen-bond donors (Lipinski definition) is 0. The molecule has 52 valence electrons. The first kappa shape index (κ1) is 6.52. The Hall–Kier alpha value is -0.600. The second-order valence-electron chi connectivity index (χ2n) is 2.34. The quantitative estimate of drug-likeness (QED) is 0.542. The standard InChI is InChI=1S/C6H11FN2/c1-6-4-8-9(5-6)3-2-7/h4,6H,2-3,5H2,1H3. The predicted octanol–water partition coefficient (Wildman–Crippen LogP) is 0.893. The highest BCUT2D eigenvalue weighted by Gasteiger charge is 2.11. The van der Waals surface area contributed by atoms with Crippen LogP contribution in [0.2, 0.25) is 0 Å². The zero-order valence-electron chi connectivity index (χ0n) is 5.55. The van der Waals surface area contributed by atoms with E-state index in [1.807, 2.05) is 6.21 Å². The van der Waals surface area contributed by atoms with E-state index in [0.29, 0.717) is 12.5 Å². The summed E-state index contributed by atoms with van der Waals surface area (Å²) in [6, 6.07) is 0. The fourth-order valence-electron chi connectivity index (χ4n) is 0.881. The van der Waals surface area contributed by atoms with Gasteiger partial charge in [0.1, 0.15) is 6.67 Å². The summed E-state index contributed by atoms with van der Waals surface area (Å²) in [5, 5.41) is 5.73. The van der Waals surface area contributed by atoms with Crippen molar-refractivity contribution in [2.45, 2.75) is 6.92 Å². The molecule has 0 fully saturated rings. The second kappa shape index (κ2) is 2.80. The Morgan fingerprint density at radius 2 is 2.67 bits per heavy atom. The third-order valence-corrected chi connectivity index (χ3v) is 1.33. The van der Waals surface area contributed by atoms with Gasteiger partial charge in [-0.25, -0.2) is 4.39 Å². The van der Waals surface area contributed by atoms with Gasteiger partial charge in [-0.3, -0.25) is 5.01 Å². The van der Waals surface area contributed by atoms with E-state index in [1.165, 1.54) is 0 Å². The maximum atomic E-state index is 11.7. The van der Waals surface area contributed by atoms with Gasteiger partial charge < -0.3 is 0 Å². The zero-order valence-corrected chi connectivity index (χ0v) is 5.55. The molecule has 3 heteroatoms. The summed E-state index contributed by atoms with van der Waals surface area (Å²) in [6.07, 6.45) is 1.86. The molecule has 1 atom stereocenters. The van der Waals surface area contributed by atoms with E-state index < -0.39 is 0 Å². The van der Waals surface area contributed by atoms with Gasteiger partial charge in [-0.05, 0) is 0 Å². The first-order valence-corrected chi connectivity index (χ1v) is 3.18. The van der Waals surface area contributed by atoms with Crippen molar-refractivity contribution in [1.29, 1.82) is 0 Å². The molecule has 2 nitrogen and oxygen atoms in total. The number of hydrazone groups is 1. The van der Waals surface area contributed by atoms with E-state index in [-0.39, 0.29) is 6.67 Å². The topological polar surface area (TPSA) is 15.6 Å². The SMILES string of the molecule is CC1C=NN(CCF)C1. The molecule has 0 N–H and O–H groups in total. The molecule has 0 amide bonds. The molecule has 0 saturated carbocycles. The highest BCUT2D eigenvalue weighted by molar-refractivity contribution is 5.61. The van der Waals surface area contributed by atoms with Crippen molar-refractivity contribution >= 4 is 6.21 Å². The molecule has 0 spiro atoms. The van der Waals surface area contributed by atoms with Crippen molar-refractivity contribution in [3.05, 3.63) is 0 Å². The maximum absolute atomic E-state index is 11.7. The Morgan fingerprint density at radius 1 is 1.89 bits per heavy atom. The molecule has 0 bridgehead atoms. The van der Waals surface area contributed by atoms with Crippen molar-refractivity contribution in [2.75, 3.05) is 19.8 Å². The summed E-state index contributed by atoms with van der Waals surface area (Å²) in [7, 11) is 0. The smallest absolute Gasteiger partial charge is 0.109 e. The molecule has 1 heterocycles. The minimum atomic E-state index is -0.302. The maximum Gasteiger partial charge on any atom is 0.109 e. The van der Waals surface area contributed by atoms with Crippen molar-refractivity contribution in [1.82, 2.24) is 5.01 Å². The van der Waals surface area contributed by atoms with Crippen LogP contribution in [0.5, 0.6) is 0 Å². The van der Waals surface area contributed by atoms with Crippen LogP contribution in [0.25, 0.3) is 0 Å². The van der Waals surface area contributed by atoms with Gasteiger partial charge in [0.25, 0.3) is 0 Å². The molecule has 1 unspecified atom stereocenters. The average Bonchev–Trinajstić information content (AvgIpc) is 2.17. The van der Waals surface area contributed by atoms with Crippen LogP contribution in [0.1, 0.15) is 6.92 Å². The summed E-state index contributed by atoms with van der Waals surface area (Å²) < 4.78 is 11.7. The molecule has 0 aromatic rings. The van der Waals surface area contributed by atoms with Gasteiger partial charge in [0.2, 0.25) is 0 Å². The van der Waals surface area contributed by atoms with Crippen LogP contribution in [0.4, 0.5) is 4.39 Å². The Bertz CT molecular complexity index is 114. The molecule has 0 aromatic carbocycles. The third-order valence-electron chi connectivity index (χ3n) is 1.33. The largest absolute Gasteiger partial charge is 0.294 e. The Morgan fingerprint density at radius 3 is 3.11 bits per heavy atom. The number of halogens is 1. The van der Waals surface area contributed by atoms with Gasteiger partial charge in [-0.1, -0.05) is 6.92 Å². The first-order valence-electron chi connectivity index (χ1n) is 3.18. The van der Waals surface area contributed by atoms with E-state index in [2.05, 4.69) is 12.0 Å². The fraction of sp³-hybridized carbons (Fsp3) is 0.833. The number of nitrogens with zero attached hydrogens (tertiary/aromatic N) is 2. The van der Waals surface area contributed by atoms with Crippen LogP contribution in [-0.4, -0.2) is 31.0 Å². The third kappa shape index (κ3) is 1.66. The number of rotatable bonds is 2. The molecule has 1 aliphatic rings. The van der Waals surface area contributed by atoms with Gasteiger partial charge >= 0.3 is 0 Å². The fourth-order valence-corrected chi connectivity index (χ4v) is 0.881. The van der Waals surface area contributed by atoms with E-state index in [9.17, 15) is 4.39 Å². The van der Waals surface area contributed by atoms with Gasteiger partial charge in [-0.2, -0.15) is 5.10 Å². The Labute approximate surface area is 54.3 Å². The summed E-state index contributed by atoms with van der Waals surface area (Å²) in [5.41, 5.74) is 0. The van der Waals surface area contributed by atoms with Gasteiger partial charge in [0.05, 0.1) is 6.54 Å². The van der Waals surface area contributed by atoms with Gasteiger partial charge in [0.15, 0.2) is 0 Å². The highest BCUT2D eigenvalue weighted by atomic mass is 19.1. The molecule has 0 saturated heterocycles. The van der Waals surface area contributed by atoms with Crippen molar-refractivity contribution in [3.8, 4) is 0 Å². The van der Waals surface area contributed by atoms with Gasteiger partial charge in [0, 0.05) is 18.7 Å². The monoisotopic (exact) mass is 130 g/mol. The van der Waals surface area contributed by atoms with Crippen LogP contribution in [0.15, 0.2) is 5.10 Å². The Balaban J connectivity index is 2.24. The van der Waals surface area contributed by atoms with Crippen LogP contribution >= 0.6 is 0 Å². The molecular weight excluding hydrogens is 119 g/mol. The van der Waals surface area contributed by atoms with Crippen molar-refractivity contribution in [3.63, 3.8) is 0 Å². The lowest BCUT2D eigenvalue weighted by atomic mass is 10.2. The molecule has 0 aromatic heterocycles. The minimum absolute atomic E-state index is 0.302. The van der Waals surface area contributed by atoms with E-state index in [4.69, 9.17) is 0 Å². The first-order chi connectivity index (χ1) is 4.33. The number of alkyl halides is 1. The minimum Gasteiger partial charge on any atom is -0.294 e.